The van der Waals surface area contributed by atoms with Crippen LogP contribution in [-0.2, 0) is 27.8 Å². The van der Waals surface area contributed by atoms with Crippen molar-refractivity contribution in [3.8, 4) is 11.5 Å². The molecule has 0 aromatic heterocycles. The molecule has 32 heavy (non-hydrogen) atoms. The third kappa shape index (κ3) is 5.40. The summed E-state index contributed by atoms with van der Waals surface area (Å²) in [7, 11) is 3.13. The van der Waals surface area contributed by atoms with E-state index in [1.165, 1.54) is 4.31 Å². The van der Waals surface area contributed by atoms with Gasteiger partial charge in [-0.25, -0.2) is 8.42 Å². The summed E-state index contributed by atoms with van der Waals surface area (Å²) in [6.07, 6.45) is 0.671. The molecule has 0 atom stereocenters. The monoisotopic (exact) mass is 461 g/mol. The van der Waals surface area contributed by atoms with Gasteiger partial charge in [0.1, 0.15) is 0 Å². The molecule has 0 saturated carbocycles. The van der Waals surface area contributed by atoms with Crippen LogP contribution in [0, 0.1) is 0 Å². The molecule has 3 rings (SSSR count). The average molecular weight is 462 g/mol. The van der Waals surface area contributed by atoms with Crippen LogP contribution in [0.3, 0.4) is 0 Å². The van der Waals surface area contributed by atoms with E-state index in [1.807, 2.05) is 31.1 Å². The molecular weight excluding hydrogens is 430 g/mol. The van der Waals surface area contributed by atoms with E-state index >= 15 is 0 Å². The summed E-state index contributed by atoms with van der Waals surface area (Å²) in [5.41, 5.74) is 2.08. The fraction of sp³-hybridized carbons (Fsp3) is 0.435. The van der Waals surface area contributed by atoms with Crippen LogP contribution < -0.4 is 9.47 Å². The number of carbonyl (C=O) groups excluding carboxylic acids is 1. The van der Waals surface area contributed by atoms with Gasteiger partial charge in [-0.1, -0.05) is 18.2 Å². The molecule has 0 radical (unpaired) electrons. The Bertz CT molecular complexity index is 1040. The molecule has 9 heteroatoms. The number of rotatable bonds is 9. The summed E-state index contributed by atoms with van der Waals surface area (Å²) < 4.78 is 38.5. The molecule has 0 spiro atoms. The van der Waals surface area contributed by atoms with E-state index in [0.717, 1.165) is 11.1 Å². The molecule has 0 fully saturated rings. The summed E-state index contributed by atoms with van der Waals surface area (Å²) in [6, 6.07) is 12.1. The van der Waals surface area contributed by atoms with Crippen molar-refractivity contribution < 1.29 is 22.7 Å². The maximum atomic E-state index is 13.2. The van der Waals surface area contributed by atoms with Gasteiger partial charge in [0.05, 0.1) is 25.7 Å². The predicted octanol–water partition coefficient (Wildman–Crippen LogP) is 1.84. The van der Waals surface area contributed by atoms with E-state index in [-0.39, 0.29) is 23.9 Å². The summed E-state index contributed by atoms with van der Waals surface area (Å²) >= 11 is 0. The van der Waals surface area contributed by atoms with Crippen molar-refractivity contribution in [3.63, 3.8) is 0 Å². The number of ether oxygens (including phenoxy) is 2. The molecule has 1 heterocycles. The van der Waals surface area contributed by atoms with E-state index in [4.69, 9.17) is 9.47 Å². The van der Waals surface area contributed by atoms with Gasteiger partial charge in [0.25, 0.3) is 0 Å². The van der Waals surface area contributed by atoms with Gasteiger partial charge in [0.15, 0.2) is 11.5 Å². The molecule has 1 amide bonds. The van der Waals surface area contributed by atoms with Crippen molar-refractivity contribution in [1.82, 2.24) is 14.1 Å². The van der Waals surface area contributed by atoms with Gasteiger partial charge in [0, 0.05) is 26.2 Å². The Hall–Kier alpha value is -2.62. The minimum Gasteiger partial charge on any atom is -0.493 e. The Morgan fingerprint density at radius 2 is 1.62 bits per heavy atom. The van der Waals surface area contributed by atoms with Crippen LogP contribution in [0.25, 0.3) is 0 Å². The van der Waals surface area contributed by atoms with Gasteiger partial charge >= 0.3 is 0 Å². The highest BCUT2D eigenvalue weighted by Gasteiger charge is 2.30. The van der Waals surface area contributed by atoms with Gasteiger partial charge in [-0.2, -0.15) is 4.31 Å². The fourth-order valence-corrected chi connectivity index (χ4v) is 5.09. The highest BCUT2D eigenvalue weighted by molar-refractivity contribution is 7.89. The van der Waals surface area contributed by atoms with Gasteiger partial charge in [0.2, 0.25) is 15.9 Å². The molecular formula is C23H31N3O5S. The first-order valence-corrected chi connectivity index (χ1v) is 11.9. The number of hydrogen-bond acceptors (Lipinski definition) is 6. The maximum Gasteiger partial charge on any atom is 0.243 e. The molecule has 2 aromatic rings. The number of hydrogen-bond donors (Lipinski definition) is 0. The third-order valence-electron chi connectivity index (χ3n) is 5.56. The quantitative estimate of drug-likeness (QED) is 0.567. The van der Waals surface area contributed by atoms with Crippen molar-refractivity contribution in [3.05, 3.63) is 53.6 Å². The second-order valence-corrected chi connectivity index (χ2v) is 9.93. The van der Waals surface area contributed by atoms with E-state index < -0.39 is 10.0 Å². The number of methoxy groups -OCH3 is 2. The van der Waals surface area contributed by atoms with E-state index in [0.29, 0.717) is 37.6 Å². The summed E-state index contributed by atoms with van der Waals surface area (Å²) in [4.78, 5) is 17.0. The Morgan fingerprint density at radius 1 is 1.00 bits per heavy atom. The van der Waals surface area contributed by atoms with Crippen molar-refractivity contribution in [2.24, 2.45) is 0 Å². The van der Waals surface area contributed by atoms with E-state index in [9.17, 15) is 13.2 Å². The SMILES string of the molecule is COc1cc2c(cc1OC)CN(C(=O)CN(CCN(C)C)S(=O)(=O)c1ccccc1)CC2. The molecule has 8 nitrogen and oxygen atoms in total. The number of benzene rings is 2. The molecule has 2 aromatic carbocycles. The molecule has 1 aliphatic rings. The second kappa shape index (κ2) is 10.3. The third-order valence-corrected chi connectivity index (χ3v) is 7.42. The molecule has 0 N–H and O–H groups in total. The number of carbonyl (C=O) groups is 1. The van der Waals surface area contributed by atoms with E-state index in [1.54, 1.807) is 49.5 Å². The van der Waals surface area contributed by atoms with Crippen molar-refractivity contribution in [2.75, 3.05) is 54.5 Å². The van der Waals surface area contributed by atoms with Crippen LogP contribution in [0.1, 0.15) is 11.1 Å². The molecule has 0 aliphatic carbocycles. The normalized spacial score (nSPS) is 13.9. The molecule has 0 unspecified atom stereocenters. The smallest absolute Gasteiger partial charge is 0.243 e. The Morgan fingerprint density at radius 3 is 2.22 bits per heavy atom. The topological polar surface area (TPSA) is 79.4 Å². The number of sulfonamides is 1. The van der Waals surface area contributed by atoms with E-state index in [2.05, 4.69) is 0 Å². The number of fused-ring (bicyclic) bond motifs is 1. The lowest BCUT2D eigenvalue weighted by Crippen LogP contribution is -2.46. The fourth-order valence-electron chi connectivity index (χ4n) is 3.68. The first-order chi connectivity index (χ1) is 15.3. The lowest BCUT2D eigenvalue weighted by atomic mass is 9.98. The first kappa shape index (κ1) is 24.0. The van der Waals surface area contributed by atoms with Crippen LogP contribution in [0.4, 0.5) is 0 Å². The van der Waals surface area contributed by atoms with Crippen LogP contribution >= 0.6 is 0 Å². The lowest BCUT2D eigenvalue weighted by Gasteiger charge is -2.32. The number of nitrogens with zero attached hydrogens (tertiary/aromatic N) is 3. The van der Waals surface area contributed by atoms with Gasteiger partial charge in [-0.15, -0.1) is 0 Å². The van der Waals surface area contributed by atoms with Crippen molar-refractivity contribution >= 4 is 15.9 Å². The lowest BCUT2D eigenvalue weighted by molar-refractivity contribution is -0.132. The highest BCUT2D eigenvalue weighted by Crippen LogP contribution is 2.33. The molecule has 0 bridgehead atoms. The van der Waals surface area contributed by atoms with Gasteiger partial charge < -0.3 is 19.3 Å². The van der Waals surface area contributed by atoms with Crippen LogP contribution in [-0.4, -0.2) is 82.9 Å². The highest BCUT2D eigenvalue weighted by atomic mass is 32.2. The zero-order valence-corrected chi connectivity index (χ0v) is 19.9. The molecule has 0 saturated heterocycles. The van der Waals surface area contributed by atoms with Gasteiger partial charge in [-0.05, 0) is 55.9 Å². The molecule has 1 aliphatic heterocycles. The second-order valence-electron chi connectivity index (χ2n) is 8.00. The summed E-state index contributed by atoms with van der Waals surface area (Å²) in [5, 5.41) is 0. The standard InChI is InChI=1S/C23H31N3O5S/c1-24(2)12-13-26(32(28,29)20-8-6-5-7-9-20)17-23(27)25-11-10-18-14-21(30-3)22(31-4)15-19(18)16-25/h5-9,14-15H,10-13,16-17H2,1-4H3. The zero-order valence-electron chi connectivity index (χ0n) is 19.1. The average Bonchev–Trinajstić information content (AvgIpc) is 2.80. The number of amides is 1. The van der Waals surface area contributed by atoms with Crippen molar-refractivity contribution in [2.45, 2.75) is 17.9 Å². The van der Waals surface area contributed by atoms with Gasteiger partial charge in [-0.3, -0.25) is 4.79 Å². The molecule has 174 valence electrons. The Kier molecular flexibility index (Phi) is 7.76. The Balaban J connectivity index is 1.79. The first-order valence-electron chi connectivity index (χ1n) is 10.5. The predicted molar refractivity (Wildman–Crippen MR) is 122 cm³/mol. The number of likely N-dealkylation sites (N-methyl/N-ethyl adjacent to an activating group) is 1. The maximum absolute atomic E-state index is 13.2. The summed E-state index contributed by atoms with van der Waals surface area (Å²) in [5.74, 6) is 1.05. The summed E-state index contributed by atoms with van der Waals surface area (Å²) in [6.45, 7) is 1.47. The minimum atomic E-state index is -3.79. The largest absolute Gasteiger partial charge is 0.493 e. The van der Waals surface area contributed by atoms with Crippen molar-refractivity contribution in [1.29, 1.82) is 0 Å². The van der Waals surface area contributed by atoms with Crippen LogP contribution in [0.2, 0.25) is 0 Å². The Labute approximate surface area is 190 Å². The zero-order chi connectivity index (χ0) is 23.3. The van der Waals surface area contributed by atoms with Crippen LogP contribution in [0.5, 0.6) is 11.5 Å². The minimum absolute atomic E-state index is 0.187. The van der Waals surface area contributed by atoms with Crippen LogP contribution in [0.15, 0.2) is 47.4 Å².